The molecule has 3 aliphatic heterocycles. The molecule has 2 amide bonds. The highest BCUT2D eigenvalue weighted by molar-refractivity contribution is 6.00. The Morgan fingerprint density at radius 2 is 1.83 bits per heavy atom. The van der Waals surface area contributed by atoms with Crippen LogP contribution in [0, 0.1) is 5.92 Å². The third kappa shape index (κ3) is 4.48. The smallest absolute Gasteiger partial charge is 0.231 e. The molecular weight excluding hydrogens is 452 g/mol. The maximum atomic E-state index is 13.2. The summed E-state index contributed by atoms with van der Waals surface area (Å²) in [5, 5.41) is 3.14. The summed E-state index contributed by atoms with van der Waals surface area (Å²) in [6.07, 6.45) is 1.74. The van der Waals surface area contributed by atoms with E-state index >= 15 is 0 Å². The molecule has 35 heavy (non-hydrogen) atoms. The van der Waals surface area contributed by atoms with Crippen molar-refractivity contribution in [2.75, 3.05) is 52.2 Å². The molecule has 1 N–H and O–H groups in total. The van der Waals surface area contributed by atoms with Crippen LogP contribution in [-0.2, 0) is 19.7 Å². The molecule has 0 bridgehead atoms. The van der Waals surface area contributed by atoms with Crippen molar-refractivity contribution in [3.05, 3.63) is 42.0 Å². The van der Waals surface area contributed by atoms with E-state index in [-0.39, 0.29) is 30.4 Å². The molecule has 5 rings (SSSR count). The number of nitrogens with zero attached hydrogens (tertiary/aromatic N) is 1. The Labute approximate surface area is 204 Å². The monoisotopic (exact) mass is 482 g/mol. The average molecular weight is 483 g/mol. The number of rotatable bonds is 7. The molecular formula is C26H30N2O7. The normalized spacial score (nSPS) is 20.6. The van der Waals surface area contributed by atoms with Gasteiger partial charge in [-0.2, -0.15) is 0 Å². The summed E-state index contributed by atoms with van der Waals surface area (Å²) < 4.78 is 27.3. The van der Waals surface area contributed by atoms with Crippen molar-refractivity contribution >= 4 is 17.5 Å². The van der Waals surface area contributed by atoms with Crippen LogP contribution in [0.2, 0.25) is 0 Å². The highest BCUT2D eigenvalue weighted by Crippen LogP contribution is 2.41. The van der Waals surface area contributed by atoms with Gasteiger partial charge in [-0.1, -0.05) is 6.07 Å². The van der Waals surface area contributed by atoms with E-state index in [0.717, 1.165) is 29.9 Å². The largest absolute Gasteiger partial charge is 0.493 e. The first kappa shape index (κ1) is 23.3. The number of hydrogen-bond acceptors (Lipinski definition) is 7. The number of methoxy groups -OCH3 is 2. The molecule has 2 fully saturated rings. The lowest BCUT2D eigenvalue weighted by atomic mass is 9.74. The Kier molecular flexibility index (Phi) is 6.42. The Morgan fingerprint density at radius 3 is 2.60 bits per heavy atom. The molecule has 0 aromatic heterocycles. The molecule has 9 nitrogen and oxygen atoms in total. The molecule has 186 valence electrons. The van der Waals surface area contributed by atoms with Crippen LogP contribution < -0.4 is 29.2 Å². The molecule has 0 spiro atoms. The molecule has 0 radical (unpaired) electrons. The van der Waals surface area contributed by atoms with Crippen molar-refractivity contribution < 1.29 is 33.3 Å². The number of nitrogens with one attached hydrogen (secondary N) is 1. The molecule has 2 aromatic carbocycles. The fourth-order valence-corrected chi connectivity index (χ4v) is 5.08. The zero-order chi connectivity index (χ0) is 24.4. The third-order valence-corrected chi connectivity index (χ3v) is 7.21. The lowest BCUT2D eigenvalue weighted by Gasteiger charge is -2.38. The molecule has 1 unspecified atom stereocenters. The number of hydrogen-bond donors (Lipinski definition) is 1. The Hall–Kier alpha value is -3.46. The number of ether oxygens (including phenoxy) is 5. The van der Waals surface area contributed by atoms with Crippen LogP contribution in [0.3, 0.4) is 0 Å². The molecule has 9 heteroatoms. The van der Waals surface area contributed by atoms with Crippen LogP contribution in [0.4, 0.5) is 5.69 Å². The van der Waals surface area contributed by atoms with Gasteiger partial charge in [-0.25, -0.2) is 0 Å². The van der Waals surface area contributed by atoms with Crippen molar-refractivity contribution in [1.82, 2.24) is 5.32 Å². The summed E-state index contributed by atoms with van der Waals surface area (Å²) in [5.41, 5.74) is 1.52. The lowest BCUT2D eigenvalue weighted by molar-refractivity contribution is -0.126. The van der Waals surface area contributed by atoms with Crippen molar-refractivity contribution in [1.29, 1.82) is 0 Å². The number of amides is 2. The Morgan fingerprint density at radius 1 is 1.06 bits per heavy atom. The topological polar surface area (TPSA) is 95.6 Å². The van der Waals surface area contributed by atoms with E-state index in [1.54, 1.807) is 37.3 Å². The number of benzene rings is 2. The summed E-state index contributed by atoms with van der Waals surface area (Å²) in [6.45, 7) is 2.26. The molecule has 1 atom stereocenters. The van der Waals surface area contributed by atoms with Gasteiger partial charge in [0, 0.05) is 49.9 Å². The van der Waals surface area contributed by atoms with E-state index in [1.807, 2.05) is 18.2 Å². The number of carbonyl (C=O) groups excluding carboxylic acids is 2. The van der Waals surface area contributed by atoms with E-state index in [9.17, 15) is 9.59 Å². The fourth-order valence-electron chi connectivity index (χ4n) is 5.08. The number of fused-ring (bicyclic) bond motifs is 1. The first-order valence-electron chi connectivity index (χ1n) is 11.8. The maximum Gasteiger partial charge on any atom is 0.231 e. The fraction of sp³-hybridized carbons (Fsp3) is 0.462. The van der Waals surface area contributed by atoms with Gasteiger partial charge in [-0.3, -0.25) is 9.59 Å². The molecule has 3 heterocycles. The Bertz CT molecular complexity index is 1110. The van der Waals surface area contributed by atoms with Crippen LogP contribution in [0.15, 0.2) is 36.4 Å². The van der Waals surface area contributed by atoms with Crippen molar-refractivity contribution in [3.8, 4) is 23.0 Å². The van der Waals surface area contributed by atoms with Crippen LogP contribution in [0.25, 0.3) is 0 Å². The molecule has 2 saturated heterocycles. The van der Waals surface area contributed by atoms with E-state index in [2.05, 4.69) is 5.32 Å². The lowest BCUT2D eigenvalue weighted by Crippen LogP contribution is -2.46. The highest BCUT2D eigenvalue weighted by Gasteiger charge is 2.39. The summed E-state index contributed by atoms with van der Waals surface area (Å²) >= 11 is 0. The minimum atomic E-state index is -0.427. The first-order chi connectivity index (χ1) is 17.0. The summed E-state index contributed by atoms with van der Waals surface area (Å²) in [5.74, 6) is 1.95. The van der Waals surface area contributed by atoms with E-state index in [0.29, 0.717) is 43.5 Å². The highest BCUT2D eigenvalue weighted by atomic mass is 16.7. The van der Waals surface area contributed by atoms with Gasteiger partial charge in [0.15, 0.2) is 23.0 Å². The van der Waals surface area contributed by atoms with Crippen LogP contribution in [0.5, 0.6) is 23.0 Å². The number of carbonyl (C=O) groups is 2. The van der Waals surface area contributed by atoms with Gasteiger partial charge in [0.1, 0.15) is 0 Å². The van der Waals surface area contributed by atoms with Gasteiger partial charge in [-0.15, -0.1) is 0 Å². The van der Waals surface area contributed by atoms with Gasteiger partial charge in [-0.05, 0) is 42.7 Å². The van der Waals surface area contributed by atoms with Crippen molar-refractivity contribution in [2.45, 2.75) is 24.7 Å². The SMILES string of the molecule is COc1ccc(N2CC(C(=O)NCC3(c4ccc5c(c4)OCO5)CCOCC3)CC2=O)cc1OC. The van der Waals surface area contributed by atoms with Gasteiger partial charge >= 0.3 is 0 Å². The van der Waals surface area contributed by atoms with E-state index < -0.39 is 5.92 Å². The molecule has 3 aliphatic rings. The first-order valence-corrected chi connectivity index (χ1v) is 11.8. The van der Waals surface area contributed by atoms with Gasteiger partial charge in [0.05, 0.1) is 20.1 Å². The van der Waals surface area contributed by atoms with Gasteiger partial charge < -0.3 is 33.9 Å². The van der Waals surface area contributed by atoms with Crippen molar-refractivity contribution in [3.63, 3.8) is 0 Å². The van der Waals surface area contributed by atoms with Gasteiger partial charge in [0.2, 0.25) is 18.6 Å². The van der Waals surface area contributed by atoms with Crippen LogP contribution in [0.1, 0.15) is 24.8 Å². The van der Waals surface area contributed by atoms with Gasteiger partial charge in [0.25, 0.3) is 0 Å². The Balaban J connectivity index is 1.28. The summed E-state index contributed by atoms with van der Waals surface area (Å²) in [6, 6.07) is 11.3. The van der Waals surface area contributed by atoms with E-state index in [1.165, 1.54) is 0 Å². The predicted octanol–water partition coefficient (Wildman–Crippen LogP) is 2.65. The second-order valence-corrected chi connectivity index (χ2v) is 9.12. The van der Waals surface area contributed by atoms with Crippen molar-refractivity contribution in [2.24, 2.45) is 5.92 Å². The predicted molar refractivity (Wildman–Crippen MR) is 127 cm³/mol. The molecule has 0 saturated carbocycles. The zero-order valence-electron chi connectivity index (χ0n) is 20.0. The van der Waals surface area contributed by atoms with Crippen LogP contribution >= 0.6 is 0 Å². The standard InChI is InChI=1S/C26H30N2O7/c1-31-20-6-4-19(13-22(20)32-2)28-14-17(11-24(28)29)25(30)27-15-26(7-9-33-10-8-26)18-3-5-21-23(12-18)35-16-34-21/h3-6,12-13,17H,7-11,14-16H2,1-2H3,(H,27,30). The van der Waals surface area contributed by atoms with Crippen LogP contribution in [-0.4, -0.2) is 59.1 Å². The molecule has 2 aromatic rings. The summed E-state index contributed by atoms with van der Waals surface area (Å²) in [4.78, 5) is 27.6. The maximum absolute atomic E-state index is 13.2. The average Bonchev–Trinajstić information content (AvgIpc) is 3.53. The summed E-state index contributed by atoms with van der Waals surface area (Å²) in [7, 11) is 3.11. The number of anilines is 1. The minimum absolute atomic E-state index is 0.0890. The minimum Gasteiger partial charge on any atom is -0.493 e. The zero-order valence-corrected chi connectivity index (χ0v) is 20.0. The third-order valence-electron chi connectivity index (χ3n) is 7.21. The quantitative estimate of drug-likeness (QED) is 0.648. The van der Waals surface area contributed by atoms with E-state index in [4.69, 9.17) is 23.7 Å². The molecule has 0 aliphatic carbocycles. The second-order valence-electron chi connectivity index (χ2n) is 9.12. The second kappa shape index (κ2) is 9.65.